The first-order chi connectivity index (χ1) is 14.3. The highest BCUT2D eigenvalue weighted by Crippen LogP contribution is 2.37. The van der Waals surface area contributed by atoms with Gasteiger partial charge in [0.15, 0.2) is 11.5 Å². The number of nitrogens with zero attached hydrogens (tertiary/aromatic N) is 1. The molecule has 4 amide bonds. The van der Waals surface area contributed by atoms with E-state index in [9.17, 15) is 14.4 Å². The number of carbonyl (C=O) groups is 3. The van der Waals surface area contributed by atoms with E-state index in [4.69, 9.17) is 9.47 Å². The lowest BCUT2D eigenvalue weighted by atomic mass is 10.1. The van der Waals surface area contributed by atoms with E-state index in [1.54, 1.807) is 36.4 Å². The molecule has 0 atom stereocenters. The van der Waals surface area contributed by atoms with E-state index in [1.807, 2.05) is 13.8 Å². The summed E-state index contributed by atoms with van der Waals surface area (Å²) in [6.45, 7) is 4.56. The van der Waals surface area contributed by atoms with E-state index in [0.717, 1.165) is 9.37 Å². The molecular weight excluding hydrogens is 520 g/mol. The number of urea groups is 1. The van der Waals surface area contributed by atoms with Crippen LogP contribution in [-0.2, 0) is 9.59 Å². The minimum absolute atomic E-state index is 0.170. The van der Waals surface area contributed by atoms with Crippen LogP contribution in [0.2, 0.25) is 0 Å². The molecule has 0 aliphatic carbocycles. The molecule has 1 saturated heterocycles. The van der Waals surface area contributed by atoms with E-state index in [2.05, 4.69) is 37.2 Å². The maximum atomic E-state index is 13.0. The van der Waals surface area contributed by atoms with Gasteiger partial charge in [-0.2, -0.15) is 0 Å². The lowest BCUT2D eigenvalue weighted by molar-refractivity contribution is -0.122. The Kier molecular flexibility index (Phi) is 6.94. The second-order valence-electron chi connectivity index (χ2n) is 6.13. The zero-order chi connectivity index (χ0) is 21.8. The van der Waals surface area contributed by atoms with Crippen molar-refractivity contribution in [2.75, 3.05) is 18.1 Å². The SMILES string of the molecule is CCOc1cc(/C=C2\C(=O)NC(=O)N(c3ccc(Br)cc3)C2=O)cc(Br)c1OCC. The summed E-state index contributed by atoms with van der Waals surface area (Å²) in [5, 5.41) is 2.21. The normalized spacial score (nSPS) is 15.4. The molecule has 2 aromatic rings. The Balaban J connectivity index is 2.03. The molecule has 0 radical (unpaired) electrons. The third-order valence-corrected chi connectivity index (χ3v) is 5.24. The van der Waals surface area contributed by atoms with Crippen LogP contribution in [-0.4, -0.2) is 31.1 Å². The van der Waals surface area contributed by atoms with Gasteiger partial charge in [-0.3, -0.25) is 14.9 Å². The molecule has 0 bridgehead atoms. The van der Waals surface area contributed by atoms with Gasteiger partial charge >= 0.3 is 6.03 Å². The summed E-state index contributed by atoms with van der Waals surface area (Å²) in [6.07, 6.45) is 1.42. The van der Waals surface area contributed by atoms with Crippen molar-refractivity contribution in [2.24, 2.45) is 0 Å². The lowest BCUT2D eigenvalue weighted by Gasteiger charge is -2.26. The van der Waals surface area contributed by atoms with Gasteiger partial charge in [-0.05, 0) is 77.8 Å². The van der Waals surface area contributed by atoms with Gasteiger partial charge in [0, 0.05) is 4.47 Å². The Labute approximate surface area is 190 Å². The standard InChI is InChI=1S/C21H18Br2N2O5/c1-3-29-17-11-12(10-16(23)18(17)30-4-2)9-15-19(26)24-21(28)25(20(15)27)14-7-5-13(22)6-8-14/h5-11H,3-4H2,1-2H3,(H,24,26,28)/b15-9+. The predicted molar refractivity (Wildman–Crippen MR) is 120 cm³/mol. The zero-order valence-corrected chi connectivity index (χ0v) is 19.4. The highest BCUT2D eigenvalue weighted by molar-refractivity contribution is 9.10. The molecule has 1 fully saturated rings. The maximum absolute atomic E-state index is 13.0. The summed E-state index contributed by atoms with van der Waals surface area (Å²) in [7, 11) is 0. The largest absolute Gasteiger partial charge is 0.490 e. The molecule has 1 aliphatic heterocycles. The number of halogens is 2. The van der Waals surface area contributed by atoms with Gasteiger partial charge in [0.2, 0.25) is 0 Å². The van der Waals surface area contributed by atoms with E-state index in [-0.39, 0.29) is 5.57 Å². The third kappa shape index (κ3) is 4.57. The van der Waals surface area contributed by atoms with Gasteiger partial charge in [-0.1, -0.05) is 15.9 Å². The van der Waals surface area contributed by atoms with Gasteiger partial charge < -0.3 is 9.47 Å². The molecule has 0 saturated carbocycles. The van der Waals surface area contributed by atoms with Crippen molar-refractivity contribution in [3.63, 3.8) is 0 Å². The minimum Gasteiger partial charge on any atom is -0.490 e. The molecule has 7 nitrogen and oxygen atoms in total. The van der Waals surface area contributed by atoms with E-state index in [1.165, 1.54) is 6.08 Å². The van der Waals surface area contributed by atoms with Crippen molar-refractivity contribution >= 4 is 61.5 Å². The molecule has 0 spiro atoms. The van der Waals surface area contributed by atoms with Gasteiger partial charge in [-0.25, -0.2) is 9.69 Å². The number of anilines is 1. The van der Waals surface area contributed by atoms with Crippen LogP contribution in [0.4, 0.5) is 10.5 Å². The second-order valence-corrected chi connectivity index (χ2v) is 7.90. The summed E-state index contributed by atoms with van der Waals surface area (Å²) in [6, 6.07) is 9.20. The van der Waals surface area contributed by atoms with Gasteiger partial charge in [0.05, 0.1) is 23.4 Å². The maximum Gasteiger partial charge on any atom is 0.335 e. The van der Waals surface area contributed by atoms with Crippen LogP contribution in [0.3, 0.4) is 0 Å². The zero-order valence-electron chi connectivity index (χ0n) is 16.2. The Morgan fingerprint density at radius 2 is 1.67 bits per heavy atom. The first-order valence-electron chi connectivity index (χ1n) is 9.11. The van der Waals surface area contributed by atoms with Crippen molar-refractivity contribution in [3.8, 4) is 11.5 Å². The molecule has 9 heteroatoms. The molecule has 0 aromatic heterocycles. The fourth-order valence-electron chi connectivity index (χ4n) is 2.87. The Morgan fingerprint density at radius 1 is 1.00 bits per heavy atom. The van der Waals surface area contributed by atoms with Crippen molar-refractivity contribution in [1.82, 2.24) is 5.32 Å². The summed E-state index contributed by atoms with van der Waals surface area (Å²) in [4.78, 5) is 38.6. The van der Waals surface area contributed by atoms with Crippen LogP contribution in [0.25, 0.3) is 6.08 Å². The number of hydrogen-bond acceptors (Lipinski definition) is 5. The number of barbiturate groups is 1. The highest BCUT2D eigenvalue weighted by Gasteiger charge is 2.36. The monoisotopic (exact) mass is 536 g/mol. The third-order valence-electron chi connectivity index (χ3n) is 4.12. The van der Waals surface area contributed by atoms with E-state index >= 15 is 0 Å². The van der Waals surface area contributed by atoms with Gasteiger partial charge in [0.1, 0.15) is 5.57 Å². The van der Waals surface area contributed by atoms with Crippen LogP contribution >= 0.6 is 31.9 Å². The fourth-order valence-corrected chi connectivity index (χ4v) is 3.71. The van der Waals surface area contributed by atoms with Crippen molar-refractivity contribution in [2.45, 2.75) is 13.8 Å². The summed E-state index contributed by atoms with van der Waals surface area (Å²) >= 11 is 6.75. The smallest absolute Gasteiger partial charge is 0.335 e. The predicted octanol–water partition coefficient (Wildman–Crippen LogP) is 4.68. The van der Waals surface area contributed by atoms with Crippen LogP contribution in [0, 0.1) is 0 Å². The topological polar surface area (TPSA) is 84.9 Å². The van der Waals surface area contributed by atoms with Crippen LogP contribution < -0.4 is 19.7 Å². The first-order valence-corrected chi connectivity index (χ1v) is 10.7. The Morgan fingerprint density at radius 3 is 2.30 bits per heavy atom. The minimum atomic E-state index is -0.799. The molecule has 156 valence electrons. The molecule has 0 unspecified atom stereocenters. The number of imide groups is 2. The molecule has 3 rings (SSSR count). The lowest BCUT2D eigenvalue weighted by Crippen LogP contribution is -2.54. The number of nitrogens with one attached hydrogen (secondary N) is 1. The summed E-state index contributed by atoms with van der Waals surface area (Å²) < 4.78 is 12.7. The van der Waals surface area contributed by atoms with Crippen molar-refractivity contribution in [1.29, 1.82) is 0 Å². The summed E-state index contributed by atoms with van der Waals surface area (Å²) in [5.41, 5.74) is 0.718. The molecule has 1 N–H and O–H groups in total. The number of carbonyl (C=O) groups excluding carboxylic acids is 3. The van der Waals surface area contributed by atoms with Crippen LogP contribution in [0.5, 0.6) is 11.5 Å². The Bertz CT molecular complexity index is 1030. The number of rotatable bonds is 6. The molecule has 1 aliphatic rings. The molecule has 30 heavy (non-hydrogen) atoms. The molecule has 1 heterocycles. The van der Waals surface area contributed by atoms with Crippen molar-refractivity contribution in [3.05, 3.63) is 56.5 Å². The molecule has 2 aromatic carbocycles. The average molecular weight is 538 g/mol. The first kappa shape index (κ1) is 22.0. The highest BCUT2D eigenvalue weighted by atomic mass is 79.9. The van der Waals surface area contributed by atoms with E-state index < -0.39 is 17.8 Å². The van der Waals surface area contributed by atoms with E-state index in [0.29, 0.717) is 40.4 Å². The van der Waals surface area contributed by atoms with Gasteiger partial charge in [0.25, 0.3) is 11.8 Å². The second kappa shape index (κ2) is 9.44. The summed E-state index contributed by atoms with van der Waals surface area (Å²) in [5.74, 6) is -0.465. The number of ether oxygens (including phenoxy) is 2. The van der Waals surface area contributed by atoms with Gasteiger partial charge in [-0.15, -0.1) is 0 Å². The fraction of sp³-hybridized carbons (Fsp3) is 0.190. The number of amides is 4. The number of benzene rings is 2. The van der Waals surface area contributed by atoms with Crippen LogP contribution in [0.1, 0.15) is 19.4 Å². The van der Waals surface area contributed by atoms with Crippen molar-refractivity contribution < 1.29 is 23.9 Å². The number of hydrogen-bond donors (Lipinski definition) is 1. The Hall–Kier alpha value is -2.65. The average Bonchev–Trinajstić information content (AvgIpc) is 2.69. The molecular formula is C21H18Br2N2O5. The quantitative estimate of drug-likeness (QED) is 0.427. The van der Waals surface area contributed by atoms with Crippen LogP contribution in [0.15, 0.2) is 50.9 Å².